The molecular formula is C26H36N4O2. The van der Waals surface area contributed by atoms with Crippen molar-refractivity contribution in [1.82, 2.24) is 15.1 Å². The van der Waals surface area contributed by atoms with E-state index in [1.165, 1.54) is 31.5 Å². The molecule has 2 aromatic carbocycles. The fraction of sp³-hybridized carbons (Fsp3) is 0.500. The number of hydrogen-bond acceptors (Lipinski definition) is 4. The number of nitrogens with zero attached hydrogens (tertiary/aromatic N) is 3. The number of benzene rings is 2. The van der Waals surface area contributed by atoms with Crippen molar-refractivity contribution in [2.24, 2.45) is 5.92 Å². The lowest BCUT2D eigenvalue weighted by atomic mass is 9.99. The van der Waals surface area contributed by atoms with Crippen molar-refractivity contribution < 1.29 is 9.53 Å². The molecule has 0 aromatic heterocycles. The highest BCUT2D eigenvalue weighted by Crippen LogP contribution is 2.28. The van der Waals surface area contributed by atoms with Gasteiger partial charge in [-0.25, -0.2) is 4.79 Å². The minimum Gasteiger partial charge on any atom is -0.495 e. The van der Waals surface area contributed by atoms with Gasteiger partial charge < -0.3 is 19.9 Å². The van der Waals surface area contributed by atoms with E-state index in [0.29, 0.717) is 19.6 Å². The Morgan fingerprint density at radius 1 is 0.938 bits per heavy atom. The Balaban J connectivity index is 1.21. The van der Waals surface area contributed by atoms with Gasteiger partial charge in [0.15, 0.2) is 0 Å². The number of methoxy groups -OCH3 is 1. The summed E-state index contributed by atoms with van der Waals surface area (Å²) in [4.78, 5) is 19.4. The molecule has 32 heavy (non-hydrogen) atoms. The van der Waals surface area contributed by atoms with Gasteiger partial charge in [-0.3, -0.25) is 4.90 Å². The minimum atomic E-state index is 0.0104. The Hall–Kier alpha value is -2.73. The Bertz CT molecular complexity index is 870. The van der Waals surface area contributed by atoms with Crippen molar-refractivity contribution >= 4 is 11.7 Å². The van der Waals surface area contributed by atoms with Crippen LogP contribution in [0.25, 0.3) is 0 Å². The summed E-state index contributed by atoms with van der Waals surface area (Å²) in [5.41, 5.74) is 3.58. The second-order valence-electron chi connectivity index (χ2n) is 9.08. The number of carbonyl (C=O) groups is 1. The Morgan fingerprint density at radius 2 is 1.59 bits per heavy atom. The maximum Gasteiger partial charge on any atom is 0.317 e. The van der Waals surface area contributed by atoms with E-state index in [1.54, 1.807) is 7.11 Å². The smallest absolute Gasteiger partial charge is 0.317 e. The number of piperidine rings is 1. The summed E-state index contributed by atoms with van der Waals surface area (Å²) in [5, 5.41) is 3.08. The highest BCUT2D eigenvalue weighted by Gasteiger charge is 2.22. The van der Waals surface area contributed by atoms with Crippen LogP contribution in [0.1, 0.15) is 30.9 Å². The summed E-state index contributed by atoms with van der Waals surface area (Å²) in [6.07, 6.45) is 2.61. The number of piperazine rings is 1. The van der Waals surface area contributed by atoms with Gasteiger partial charge in [0.2, 0.25) is 0 Å². The van der Waals surface area contributed by atoms with Gasteiger partial charge in [0.25, 0.3) is 0 Å². The summed E-state index contributed by atoms with van der Waals surface area (Å²) in [5.74, 6) is 1.74. The van der Waals surface area contributed by atoms with Crippen molar-refractivity contribution in [2.75, 3.05) is 51.3 Å². The van der Waals surface area contributed by atoms with E-state index in [0.717, 1.165) is 42.6 Å². The summed E-state index contributed by atoms with van der Waals surface area (Å²) < 4.78 is 5.48. The molecular weight excluding hydrogens is 400 g/mol. The maximum atomic E-state index is 12.7. The third kappa shape index (κ3) is 5.74. The van der Waals surface area contributed by atoms with Crippen LogP contribution in [0.3, 0.4) is 0 Å². The Morgan fingerprint density at radius 3 is 2.28 bits per heavy atom. The van der Waals surface area contributed by atoms with E-state index < -0.39 is 0 Å². The molecule has 0 radical (unpaired) electrons. The summed E-state index contributed by atoms with van der Waals surface area (Å²) in [7, 11) is 1.70. The lowest BCUT2D eigenvalue weighted by Crippen LogP contribution is -2.51. The topological polar surface area (TPSA) is 48.1 Å². The maximum absolute atomic E-state index is 12.7. The third-order valence-corrected chi connectivity index (χ3v) is 6.74. The van der Waals surface area contributed by atoms with Gasteiger partial charge in [-0.05, 0) is 55.1 Å². The standard InChI is InChI=1S/C26H36N4O2/c1-21-11-13-28(14-12-21)20-23-9-7-22(8-10-23)19-27-26(31)30-17-15-29(16-18-30)24-5-3-4-6-25(24)32-2/h3-10,21H,11-20H2,1-2H3,(H,27,31). The van der Waals surface area contributed by atoms with Crippen LogP contribution in [0, 0.1) is 5.92 Å². The molecule has 2 amide bonds. The lowest BCUT2D eigenvalue weighted by molar-refractivity contribution is 0.185. The van der Waals surface area contributed by atoms with Crippen LogP contribution < -0.4 is 15.0 Å². The molecule has 4 rings (SSSR count). The zero-order valence-electron chi connectivity index (χ0n) is 19.4. The second-order valence-corrected chi connectivity index (χ2v) is 9.08. The van der Waals surface area contributed by atoms with Crippen molar-refractivity contribution in [3.8, 4) is 5.75 Å². The van der Waals surface area contributed by atoms with Crippen molar-refractivity contribution in [3.05, 3.63) is 59.7 Å². The number of amides is 2. The van der Waals surface area contributed by atoms with Crippen LogP contribution >= 0.6 is 0 Å². The molecule has 0 atom stereocenters. The first-order valence-electron chi connectivity index (χ1n) is 11.8. The minimum absolute atomic E-state index is 0.0104. The van der Waals surface area contributed by atoms with Gasteiger partial charge in [-0.2, -0.15) is 0 Å². The normalized spacial score (nSPS) is 17.9. The molecule has 2 aliphatic heterocycles. The molecule has 0 unspecified atom stereocenters. The molecule has 0 saturated carbocycles. The summed E-state index contributed by atoms with van der Waals surface area (Å²) in [6.45, 7) is 9.35. The van der Waals surface area contributed by atoms with Crippen LogP contribution in [0.2, 0.25) is 0 Å². The molecule has 6 heteroatoms. The van der Waals surface area contributed by atoms with Gasteiger partial charge in [0.1, 0.15) is 5.75 Å². The molecule has 0 spiro atoms. The summed E-state index contributed by atoms with van der Waals surface area (Å²) in [6, 6.07) is 16.7. The molecule has 2 aromatic rings. The molecule has 2 fully saturated rings. The Kier molecular flexibility index (Phi) is 7.53. The van der Waals surface area contributed by atoms with Gasteiger partial charge in [0, 0.05) is 39.3 Å². The monoisotopic (exact) mass is 436 g/mol. The highest BCUT2D eigenvalue weighted by molar-refractivity contribution is 5.74. The van der Waals surface area contributed by atoms with E-state index >= 15 is 0 Å². The fourth-order valence-electron chi connectivity index (χ4n) is 4.57. The number of rotatable bonds is 6. The molecule has 6 nitrogen and oxygen atoms in total. The van der Waals surface area contributed by atoms with Crippen molar-refractivity contribution in [2.45, 2.75) is 32.9 Å². The van der Waals surface area contributed by atoms with Gasteiger partial charge >= 0.3 is 6.03 Å². The van der Waals surface area contributed by atoms with Crippen LogP contribution in [0.15, 0.2) is 48.5 Å². The fourth-order valence-corrected chi connectivity index (χ4v) is 4.57. The first-order valence-corrected chi connectivity index (χ1v) is 11.8. The highest BCUT2D eigenvalue weighted by atomic mass is 16.5. The lowest BCUT2D eigenvalue weighted by Gasteiger charge is -2.36. The average molecular weight is 437 g/mol. The molecule has 2 aliphatic rings. The predicted molar refractivity (Wildman–Crippen MR) is 129 cm³/mol. The average Bonchev–Trinajstić information content (AvgIpc) is 2.85. The van der Waals surface area contributed by atoms with E-state index in [2.05, 4.69) is 52.4 Å². The van der Waals surface area contributed by atoms with Crippen LogP contribution in [0.5, 0.6) is 5.75 Å². The number of nitrogens with one attached hydrogen (secondary N) is 1. The number of likely N-dealkylation sites (tertiary alicyclic amines) is 1. The molecule has 0 bridgehead atoms. The molecule has 172 valence electrons. The molecule has 2 heterocycles. The predicted octanol–water partition coefficient (Wildman–Crippen LogP) is 3.96. The van der Waals surface area contributed by atoms with E-state index in [-0.39, 0.29) is 6.03 Å². The molecule has 0 aliphatic carbocycles. The van der Waals surface area contributed by atoms with Gasteiger partial charge in [0.05, 0.1) is 12.8 Å². The number of carbonyl (C=O) groups excluding carboxylic acids is 1. The van der Waals surface area contributed by atoms with Gasteiger partial charge in [-0.15, -0.1) is 0 Å². The first-order chi connectivity index (χ1) is 15.6. The second kappa shape index (κ2) is 10.7. The van der Waals surface area contributed by atoms with Crippen LogP contribution in [-0.2, 0) is 13.1 Å². The SMILES string of the molecule is COc1ccccc1N1CCN(C(=O)NCc2ccc(CN3CCC(C)CC3)cc2)CC1. The first kappa shape index (κ1) is 22.5. The number of ether oxygens (including phenoxy) is 1. The molecule has 1 N–H and O–H groups in total. The number of urea groups is 1. The number of para-hydroxylation sites is 2. The Labute approximate surface area is 192 Å². The van der Waals surface area contributed by atoms with Gasteiger partial charge in [-0.1, -0.05) is 43.3 Å². The number of hydrogen-bond donors (Lipinski definition) is 1. The summed E-state index contributed by atoms with van der Waals surface area (Å²) >= 11 is 0. The zero-order valence-corrected chi connectivity index (χ0v) is 19.4. The largest absolute Gasteiger partial charge is 0.495 e. The molecule has 2 saturated heterocycles. The van der Waals surface area contributed by atoms with E-state index in [1.807, 2.05) is 23.1 Å². The third-order valence-electron chi connectivity index (χ3n) is 6.74. The van der Waals surface area contributed by atoms with Crippen molar-refractivity contribution in [3.63, 3.8) is 0 Å². The van der Waals surface area contributed by atoms with Crippen LogP contribution in [-0.4, -0.2) is 62.2 Å². The number of anilines is 1. The quantitative estimate of drug-likeness (QED) is 0.745. The zero-order chi connectivity index (χ0) is 22.3. The van der Waals surface area contributed by atoms with E-state index in [4.69, 9.17) is 4.74 Å². The van der Waals surface area contributed by atoms with Crippen molar-refractivity contribution in [1.29, 1.82) is 0 Å². The van der Waals surface area contributed by atoms with E-state index in [9.17, 15) is 4.79 Å². The van der Waals surface area contributed by atoms with Crippen LogP contribution in [0.4, 0.5) is 10.5 Å².